The van der Waals surface area contributed by atoms with Crippen molar-refractivity contribution < 1.29 is 4.79 Å². The van der Waals surface area contributed by atoms with E-state index in [2.05, 4.69) is 30.7 Å². The number of carbonyl (C=O) groups is 1. The Morgan fingerprint density at radius 3 is 2.35 bits per heavy atom. The standard InChI is InChI=1S/C17H26N2O/c1-13-6-8-15(9-7-13)16(20)14(2)19-11-10-18(5)17(3,4)12-19/h6-9,14H,10-12H2,1-5H3. The SMILES string of the molecule is Cc1ccc(C(=O)C(C)N2CCN(C)C(C)(C)C2)cc1. The number of hydrogen-bond acceptors (Lipinski definition) is 3. The van der Waals surface area contributed by atoms with Gasteiger partial charge in [0.25, 0.3) is 0 Å². The molecule has 0 bridgehead atoms. The maximum Gasteiger partial charge on any atom is 0.179 e. The number of nitrogens with zero attached hydrogens (tertiary/aromatic N) is 2. The smallest absolute Gasteiger partial charge is 0.179 e. The summed E-state index contributed by atoms with van der Waals surface area (Å²) in [5.74, 6) is 0.227. The minimum Gasteiger partial charge on any atom is -0.299 e. The Morgan fingerprint density at radius 2 is 1.80 bits per heavy atom. The Kier molecular flexibility index (Phi) is 4.31. The third-order valence-electron chi connectivity index (χ3n) is 4.61. The van der Waals surface area contributed by atoms with Crippen LogP contribution in [-0.2, 0) is 0 Å². The van der Waals surface area contributed by atoms with Gasteiger partial charge in [-0.2, -0.15) is 0 Å². The third-order valence-corrected chi connectivity index (χ3v) is 4.61. The molecule has 1 heterocycles. The van der Waals surface area contributed by atoms with Gasteiger partial charge in [0.1, 0.15) is 0 Å². The van der Waals surface area contributed by atoms with Crippen LogP contribution in [0.25, 0.3) is 0 Å². The second kappa shape index (κ2) is 5.66. The van der Waals surface area contributed by atoms with Crippen LogP contribution in [0.2, 0.25) is 0 Å². The fraction of sp³-hybridized carbons (Fsp3) is 0.588. The zero-order valence-electron chi connectivity index (χ0n) is 13.3. The average Bonchev–Trinajstić information content (AvgIpc) is 2.41. The Bertz CT molecular complexity index is 478. The highest BCUT2D eigenvalue weighted by Crippen LogP contribution is 2.21. The molecular formula is C17H26N2O. The molecule has 0 saturated carbocycles. The molecular weight excluding hydrogens is 248 g/mol. The number of carbonyl (C=O) groups excluding carboxylic acids is 1. The first-order chi connectivity index (χ1) is 9.31. The van der Waals surface area contributed by atoms with Crippen molar-refractivity contribution >= 4 is 5.78 Å². The second-order valence-corrected chi connectivity index (χ2v) is 6.61. The Hall–Kier alpha value is -1.19. The van der Waals surface area contributed by atoms with Gasteiger partial charge in [0.15, 0.2) is 5.78 Å². The maximum absolute atomic E-state index is 12.6. The second-order valence-electron chi connectivity index (χ2n) is 6.61. The number of ketones is 1. The fourth-order valence-corrected chi connectivity index (χ4v) is 2.73. The molecule has 0 N–H and O–H groups in total. The van der Waals surface area contributed by atoms with E-state index in [0.29, 0.717) is 0 Å². The van der Waals surface area contributed by atoms with E-state index in [1.807, 2.05) is 38.1 Å². The molecule has 0 radical (unpaired) electrons. The van der Waals surface area contributed by atoms with Gasteiger partial charge in [0, 0.05) is 30.7 Å². The number of Topliss-reactive ketones (excluding diaryl/α,β-unsaturated/α-hetero) is 1. The van der Waals surface area contributed by atoms with E-state index >= 15 is 0 Å². The molecule has 1 atom stereocenters. The molecule has 20 heavy (non-hydrogen) atoms. The molecule has 1 aromatic carbocycles. The van der Waals surface area contributed by atoms with Crippen LogP contribution in [0.3, 0.4) is 0 Å². The van der Waals surface area contributed by atoms with Crippen molar-refractivity contribution in [2.75, 3.05) is 26.7 Å². The van der Waals surface area contributed by atoms with Gasteiger partial charge in [-0.1, -0.05) is 29.8 Å². The predicted octanol–water partition coefficient (Wildman–Crippen LogP) is 2.59. The number of aryl methyl sites for hydroxylation is 1. The lowest BCUT2D eigenvalue weighted by Gasteiger charge is -2.47. The van der Waals surface area contributed by atoms with E-state index in [0.717, 1.165) is 25.2 Å². The number of benzene rings is 1. The van der Waals surface area contributed by atoms with Gasteiger partial charge in [0.05, 0.1) is 6.04 Å². The van der Waals surface area contributed by atoms with E-state index in [1.165, 1.54) is 5.56 Å². The highest BCUT2D eigenvalue weighted by molar-refractivity contribution is 5.99. The summed E-state index contributed by atoms with van der Waals surface area (Å²) in [6.45, 7) is 11.5. The molecule has 1 saturated heterocycles. The molecule has 2 rings (SSSR count). The van der Waals surface area contributed by atoms with Crippen LogP contribution in [0.15, 0.2) is 24.3 Å². The Balaban J connectivity index is 2.09. The van der Waals surface area contributed by atoms with Crippen LogP contribution in [0.1, 0.15) is 36.7 Å². The number of rotatable bonds is 3. The molecule has 0 amide bonds. The van der Waals surface area contributed by atoms with Crippen LogP contribution in [0, 0.1) is 6.92 Å². The first-order valence-corrected chi connectivity index (χ1v) is 7.37. The summed E-state index contributed by atoms with van der Waals surface area (Å²) in [5.41, 5.74) is 2.13. The monoisotopic (exact) mass is 274 g/mol. The lowest BCUT2D eigenvalue weighted by molar-refractivity contribution is 0.0212. The molecule has 3 nitrogen and oxygen atoms in total. The molecule has 1 fully saturated rings. The summed E-state index contributed by atoms with van der Waals surface area (Å²) in [6, 6.07) is 7.85. The Labute approximate surface area is 122 Å². The van der Waals surface area contributed by atoms with Crippen molar-refractivity contribution in [3.8, 4) is 0 Å². The van der Waals surface area contributed by atoms with Crippen LogP contribution in [0.4, 0.5) is 0 Å². The summed E-state index contributed by atoms with van der Waals surface area (Å²) >= 11 is 0. The largest absolute Gasteiger partial charge is 0.299 e. The van der Waals surface area contributed by atoms with Gasteiger partial charge in [-0.25, -0.2) is 0 Å². The van der Waals surface area contributed by atoms with Crippen molar-refractivity contribution in [1.29, 1.82) is 0 Å². The molecule has 1 unspecified atom stereocenters. The fourth-order valence-electron chi connectivity index (χ4n) is 2.73. The van der Waals surface area contributed by atoms with Gasteiger partial charge >= 0.3 is 0 Å². The van der Waals surface area contributed by atoms with Crippen LogP contribution in [-0.4, -0.2) is 53.8 Å². The summed E-state index contributed by atoms with van der Waals surface area (Å²) in [4.78, 5) is 17.3. The number of piperazine rings is 1. The number of likely N-dealkylation sites (N-methyl/N-ethyl adjacent to an activating group) is 1. The zero-order chi connectivity index (χ0) is 14.9. The van der Waals surface area contributed by atoms with Crippen molar-refractivity contribution in [1.82, 2.24) is 9.80 Å². The van der Waals surface area contributed by atoms with E-state index < -0.39 is 0 Å². The summed E-state index contributed by atoms with van der Waals surface area (Å²) in [6.07, 6.45) is 0. The summed E-state index contributed by atoms with van der Waals surface area (Å²) in [7, 11) is 2.16. The predicted molar refractivity (Wildman–Crippen MR) is 83.3 cm³/mol. The van der Waals surface area contributed by atoms with Crippen molar-refractivity contribution in [2.24, 2.45) is 0 Å². The van der Waals surface area contributed by atoms with Crippen LogP contribution < -0.4 is 0 Å². The first kappa shape index (κ1) is 15.2. The van der Waals surface area contributed by atoms with E-state index in [9.17, 15) is 4.79 Å². The van der Waals surface area contributed by atoms with Gasteiger partial charge in [-0.05, 0) is 34.7 Å². The molecule has 0 aliphatic carbocycles. The van der Waals surface area contributed by atoms with Crippen molar-refractivity contribution in [3.05, 3.63) is 35.4 Å². The zero-order valence-corrected chi connectivity index (χ0v) is 13.3. The van der Waals surface area contributed by atoms with Gasteiger partial charge in [-0.3, -0.25) is 14.6 Å². The summed E-state index contributed by atoms with van der Waals surface area (Å²) < 4.78 is 0. The minimum absolute atomic E-state index is 0.0503. The van der Waals surface area contributed by atoms with Crippen molar-refractivity contribution in [2.45, 2.75) is 39.3 Å². The molecule has 1 aromatic rings. The third kappa shape index (κ3) is 3.10. The van der Waals surface area contributed by atoms with Crippen molar-refractivity contribution in [3.63, 3.8) is 0 Å². The van der Waals surface area contributed by atoms with E-state index in [-0.39, 0.29) is 17.4 Å². The highest BCUT2D eigenvalue weighted by Gasteiger charge is 2.34. The quantitative estimate of drug-likeness (QED) is 0.792. The summed E-state index contributed by atoms with van der Waals surface area (Å²) in [5, 5.41) is 0. The van der Waals surface area contributed by atoms with Gasteiger partial charge in [0.2, 0.25) is 0 Å². The van der Waals surface area contributed by atoms with E-state index in [1.54, 1.807) is 0 Å². The van der Waals surface area contributed by atoms with Crippen LogP contribution in [0.5, 0.6) is 0 Å². The minimum atomic E-state index is -0.0503. The van der Waals surface area contributed by atoms with Gasteiger partial charge < -0.3 is 0 Å². The topological polar surface area (TPSA) is 23.6 Å². The molecule has 0 spiro atoms. The maximum atomic E-state index is 12.6. The normalized spacial score (nSPS) is 21.6. The van der Waals surface area contributed by atoms with E-state index in [4.69, 9.17) is 0 Å². The number of hydrogen-bond donors (Lipinski definition) is 0. The Morgan fingerprint density at radius 1 is 1.20 bits per heavy atom. The molecule has 3 heteroatoms. The van der Waals surface area contributed by atoms with Gasteiger partial charge in [-0.15, -0.1) is 0 Å². The lowest BCUT2D eigenvalue weighted by Crippen LogP contribution is -2.60. The van der Waals surface area contributed by atoms with Crippen LogP contribution >= 0.6 is 0 Å². The first-order valence-electron chi connectivity index (χ1n) is 7.37. The highest BCUT2D eigenvalue weighted by atomic mass is 16.1. The molecule has 1 aliphatic rings. The molecule has 110 valence electrons. The average molecular weight is 274 g/mol. The molecule has 0 aromatic heterocycles. The lowest BCUT2D eigenvalue weighted by atomic mass is 9.96. The molecule has 1 aliphatic heterocycles.